The van der Waals surface area contributed by atoms with Crippen LogP contribution in [0.1, 0.15) is 19.8 Å². The number of thiol groups is 1. The average molecular weight is 215 g/mol. The van der Waals surface area contributed by atoms with Crippen molar-refractivity contribution in [3.05, 3.63) is 12.2 Å². The van der Waals surface area contributed by atoms with Crippen molar-refractivity contribution >= 4 is 12.6 Å². The van der Waals surface area contributed by atoms with Gasteiger partial charge in [0.05, 0.1) is 6.10 Å². The topological polar surface area (TPSA) is 12.5 Å². The number of ether oxygens (including phenoxy) is 1. The molecule has 0 radical (unpaired) electrons. The molecule has 3 heteroatoms. The first-order chi connectivity index (χ1) is 6.86. The Morgan fingerprint density at radius 2 is 2.36 bits per heavy atom. The Bertz CT molecular complexity index is 171. The summed E-state index contributed by atoms with van der Waals surface area (Å²) in [7, 11) is 0. The lowest BCUT2D eigenvalue weighted by Crippen LogP contribution is -2.39. The minimum absolute atomic E-state index is 0.457. The second-order valence-electron chi connectivity index (χ2n) is 3.63. The Morgan fingerprint density at radius 3 is 3.07 bits per heavy atom. The highest BCUT2D eigenvalue weighted by atomic mass is 32.1. The van der Waals surface area contributed by atoms with Crippen molar-refractivity contribution in [3.63, 3.8) is 0 Å². The van der Waals surface area contributed by atoms with E-state index in [1.54, 1.807) is 0 Å². The first kappa shape index (κ1) is 12.1. The Labute approximate surface area is 92.7 Å². The SMILES string of the molecule is CCOC1CCCN(CC=CCS)C1. The van der Waals surface area contributed by atoms with Crippen molar-refractivity contribution in [2.24, 2.45) is 0 Å². The maximum absolute atomic E-state index is 5.64. The van der Waals surface area contributed by atoms with Gasteiger partial charge in [-0.05, 0) is 26.3 Å². The number of piperidine rings is 1. The highest BCUT2D eigenvalue weighted by molar-refractivity contribution is 7.80. The minimum atomic E-state index is 0.457. The molecule has 0 aromatic heterocycles. The number of hydrogen-bond acceptors (Lipinski definition) is 3. The van der Waals surface area contributed by atoms with Crippen LogP contribution in [-0.2, 0) is 4.74 Å². The quantitative estimate of drug-likeness (QED) is 0.556. The Balaban J connectivity index is 2.21. The summed E-state index contributed by atoms with van der Waals surface area (Å²) < 4.78 is 5.64. The minimum Gasteiger partial charge on any atom is -0.377 e. The largest absolute Gasteiger partial charge is 0.377 e. The fourth-order valence-corrected chi connectivity index (χ4v) is 2.00. The lowest BCUT2D eigenvalue weighted by molar-refractivity contribution is 0.00926. The van der Waals surface area contributed by atoms with E-state index in [0.29, 0.717) is 6.10 Å². The van der Waals surface area contributed by atoms with E-state index in [1.807, 2.05) is 0 Å². The zero-order valence-corrected chi connectivity index (χ0v) is 9.88. The van der Waals surface area contributed by atoms with Crippen LogP contribution < -0.4 is 0 Å². The Kier molecular flexibility index (Phi) is 6.32. The van der Waals surface area contributed by atoms with E-state index in [1.165, 1.54) is 19.4 Å². The first-order valence-electron chi connectivity index (χ1n) is 5.46. The molecule has 1 aliphatic heterocycles. The Hall–Kier alpha value is 0.01000. The van der Waals surface area contributed by atoms with Gasteiger partial charge in [-0.1, -0.05) is 12.2 Å². The van der Waals surface area contributed by atoms with E-state index in [9.17, 15) is 0 Å². The van der Waals surface area contributed by atoms with Gasteiger partial charge < -0.3 is 4.74 Å². The molecule has 0 aromatic carbocycles. The molecule has 1 unspecified atom stereocenters. The van der Waals surface area contributed by atoms with Gasteiger partial charge in [0.2, 0.25) is 0 Å². The summed E-state index contributed by atoms with van der Waals surface area (Å²) in [6, 6.07) is 0. The van der Waals surface area contributed by atoms with Crippen LogP contribution in [0.15, 0.2) is 12.2 Å². The van der Waals surface area contributed by atoms with Crippen molar-refractivity contribution in [2.45, 2.75) is 25.9 Å². The third-order valence-electron chi connectivity index (χ3n) is 2.50. The first-order valence-corrected chi connectivity index (χ1v) is 6.10. The maximum atomic E-state index is 5.64. The molecule has 0 aliphatic carbocycles. The molecule has 1 saturated heterocycles. The summed E-state index contributed by atoms with van der Waals surface area (Å²) in [5, 5.41) is 0. The molecule has 1 rings (SSSR count). The lowest BCUT2D eigenvalue weighted by atomic mass is 10.1. The van der Waals surface area contributed by atoms with Crippen LogP contribution in [0.3, 0.4) is 0 Å². The van der Waals surface area contributed by atoms with E-state index in [-0.39, 0.29) is 0 Å². The molecule has 1 aliphatic rings. The zero-order chi connectivity index (χ0) is 10.2. The van der Waals surface area contributed by atoms with Gasteiger partial charge in [-0.25, -0.2) is 0 Å². The van der Waals surface area contributed by atoms with Crippen LogP contribution in [-0.4, -0.2) is 43.0 Å². The molecule has 0 spiro atoms. The van der Waals surface area contributed by atoms with E-state index in [4.69, 9.17) is 4.74 Å². The van der Waals surface area contributed by atoms with Crippen molar-refractivity contribution in [3.8, 4) is 0 Å². The number of likely N-dealkylation sites (tertiary alicyclic amines) is 1. The van der Waals surface area contributed by atoms with E-state index in [0.717, 1.165) is 25.4 Å². The highest BCUT2D eigenvalue weighted by Gasteiger charge is 2.18. The molecule has 2 nitrogen and oxygen atoms in total. The van der Waals surface area contributed by atoms with Crippen LogP contribution in [0.2, 0.25) is 0 Å². The number of nitrogens with zero attached hydrogens (tertiary/aromatic N) is 1. The third kappa shape index (κ3) is 4.49. The monoisotopic (exact) mass is 215 g/mol. The molecule has 1 fully saturated rings. The molecule has 0 bridgehead atoms. The van der Waals surface area contributed by atoms with Crippen molar-refractivity contribution < 1.29 is 4.74 Å². The fourth-order valence-electron chi connectivity index (χ4n) is 1.85. The molecule has 14 heavy (non-hydrogen) atoms. The van der Waals surface area contributed by atoms with Crippen LogP contribution in [0.25, 0.3) is 0 Å². The third-order valence-corrected chi connectivity index (χ3v) is 2.71. The van der Waals surface area contributed by atoms with Crippen LogP contribution >= 0.6 is 12.6 Å². The van der Waals surface area contributed by atoms with Gasteiger partial charge in [0, 0.05) is 25.4 Å². The zero-order valence-electron chi connectivity index (χ0n) is 8.98. The second kappa shape index (κ2) is 7.32. The summed E-state index contributed by atoms with van der Waals surface area (Å²) >= 11 is 4.14. The molecule has 0 N–H and O–H groups in total. The second-order valence-corrected chi connectivity index (χ2v) is 4.00. The number of rotatable bonds is 5. The van der Waals surface area contributed by atoms with Crippen LogP contribution in [0, 0.1) is 0 Å². The molecule has 0 amide bonds. The van der Waals surface area contributed by atoms with E-state index in [2.05, 4.69) is 36.6 Å². The van der Waals surface area contributed by atoms with Gasteiger partial charge in [-0.2, -0.15) is 12.6 Å². The van der Waals surface area contributed by atoms with Gasteiger partial charge in [0.25, 0.3) is 0 Å². The summed E-state index contributed by atoms with van der Waals surface area (Å²) in [6.45, 7) is 6.25. The lowest BCUT2D eigenvalue weighted by Gasteiger charge is -2.31. The summed E-state index contributed by atoms with van der Waals surface area (Å²) in [6.07, 6.45) is 7.24. The van der Waals surface area contributed by atoms with Crippen molar-refractivity contribution in [2.75, 3.05) is 32.0 Å². The van der Waals surface area contributed by atoms with E-state index < -0.39 is 0 Å². The molecule has 0 aromatic rings. The normalized spacial score (nSPS) is 24.6. The molecule has 1 atom stereocenters. The molecule has 0 saturated carbocycles. The predicted octanol–water partition coefficient (Wildman–Crippen LogP) is 1.97. The van der Waals surface area contributed by atoms with E-state index >= 15 is 0 Å². The number of hydrogen-bond donors (Lipinski definition) is 1. The van der Waals surface area contributed by atoms with Gasteiger partial charge in [0.15, 0.2) is 0 Å². The molecule has 82 valence electrons. The van der Waals surface area contributed by atoms with Gasteiger partial charge in [-0.3, -0.25) is 4.90 Å². The van der Waals surface area contributed by atoms with Crippen LogP contribution in [0.5, 0.6) is 0 Å². The Morgan fingerprint density at radius 1 is 1.50 bits per heavy atom. The summed E-state index contributed by atoms with van der Waals surface area (Å²) in [4.78, 5) is 2.45. The highest BCUT2D eigenvalue weighted by Crippen LogP contribution is 2.12. The molecular formula is C11H21NOS. The predicted molar refractivity (Wildman–Crippen MR) is 64.1 cm³/mol. The summed E-state index contributed by atoms with van der Waals surface area (Å²) in [5.41, 5.74) is 0. The molecule has 1 heterocycles. The van der Waals surface area contributed by atoms with Gasteiger partial charge >= 0.3 is 0 Å². The average Bonchev–Trinajstić information content (AvgIpc) is 2.19. The maximum Gasteiger partial charge on any atom is 0.0702 e. The molecular weight excluding hydrogens is 194 g/mol. The van der Waals surface area contributed by atoms with Crippen molar-refractivity contribution in [1.29, 1.82) is 0 Å². The smallest absolute Gasteiger partial charge is 0.0702 e. The van der Waals surface area contributed by atoms with Gasteiger partial charge in [0.1, 0.15) is 0 Å². The fraction of sp³-hybridized carbons (Fsp3) is 0.818. The van der Waals surface area contributed by atoms with Crippen LogP contribution in [0.4, 0.5) is 0 Å². The summed E-state index contributed by atoms with van der Waals surface area (Å²) in [5.74, 6) is 0.836. The van der Waals surface area contributed by atoms with Gasteiger partial charge in [-0.15, -0.1) is 0 Å². The standard InChI is InChI=1S/C11H21NOS/c1-2-13-11-6-5-8-12(10-11)7-3-4-9-14/h3-4,11,14H,2,5-10H2,1H3. The van der Waals surface area contributed by atoms with Crippen molar-refractivity contribution in [1.82, 2.24) is 4.90 Å².